The van der Waals surface area contributed by atoms with Crippen LogP contribution in [0.4, 0.5) is 17.6 Å². The third-order valence-corrected chi connectivity index (χ3v) is 7.02. The van der Waals surface area contributed by atoms with Gasteiger partial charge in [0.05, 0.1) is 13.2 Å². The highest BCUT2D eigenvalue weighted by atomic mass is 16.5. The molecule has 4 heterocycles. The Morgan fingerprint density at radius 1 is 0.943 bits per heavy atom. The summed E-state index contributed by atoms with van der Waals surface area (Å²) in [6.07, 6.45) is 5.88. The molecule has 1 aromatic carbocycles. The van der Waals surface area contributed by atoms with Crippen LogP contribution in [0.5, 0.6) is 0 Å². The number of anilines is 3. The van der Waals surface area contributed by atoms with Gasteiger partial charge in [0.2, 0.25) is 5.95 Å². The highest BCUT2D eigenvalue weighted by molar-refractivity contribution is 5.93. The molecule has 9 heteroatoms. The van der Waals surface area contributed by atoms with E-state index in [0.29, 0.717) is 19.3 Å². The van der Waals surface area contributed by atoms with Crippen molar-refractivity contribution in [3.63, 3.8) is 0 Å². The van der Waals surface area contributed by atoms with E-state index in [4.69, 9.17) is 14.7 Å². The zero-order valence-corrected chi connectivity index (χ0v) is 20.9. The summed E-state index contributed by atoms with van der Waals surface area (Å²) in [5.74, 6) is 2.44. The van der Waals surface area contributed by atoms with Crippen molar-refractivity contribution < 1.29 is 4.74 Å². The van der Waals surface area contributed by atoms with E-state index in [-0.39, 0.29) is 0 Å². The molecule has 0 bridgehead atoms. The maximum atomic E-state index is 5.59. The standard InChI is InChI=1S/C26H36N8O/c1-32(2)21-10-13-34(14-11-21)26-30-22-23(25(31-26)33-15-17-35-18-16-33)28-19-29-24(22)27-12-6-9-20-7-4-3-5-8-20/h3-5,7-8,19,21H,6,9-18H2,1-2H3,(H,27,28,29). The zero-order valence-electron chi connectivity index (χ0n) is 20.9. The van der Waals surface area contributed by atoms with Crippen LogP contribution < -0.4 is 15.1 Å². The lowest BCUT2D eigenvalue weighted by molar-refractivity contribution is 0.122. The van der Waals surface area contributed by atoms with E-state index in [1.54, 1.807) is 6.33 Å². The summed E-state index contributed by atoms with van der Waals surface area (Å²) in [6, 6.07) is 11.2. The molecule has 2 aliphatic rings. The van der Waals surface area contributed by atoms with Crippen molar-refractivity contribution >= 4 is 28.6 Å². The fourth-order valence-electron chi connectivity index (χ4n) is 4.91. The third-order valence-electron chi connectivity index (χ3n) is 7.02. The van der Waals surface area contributed by atoms with Gasteiger partial charge in [-0.3, -0.25) is 0 Å². The second-order valence-corrected chi connectivity index (χ2v) is 9.56. The van der Waals surface area contributed by atoms with Gasteiger partial charge in [0.1, 0.15) is 17.4 Å². The number of aryl methyl sites for hydroxylation is 1. The first-order chi connectivity index (χ1) is 17.2. The molecule has 186 valence electrons. The number of piperidine rings is 1. The van der Waals surface area contributed by atoms with Gasteiger partial charge >= 0.3 is 0 Å². The maximum Gasteiger partial charge on any atom is 0.228 e. The van der Waals surface area contributed by atoms with Crippen molar-refractivity contribution in [1.29, 1.82) is 0 Å². The largest absolute Gasteiger partial charge is 0.378 e. The lowest BCUT2D eigenvalue weighted by Crippen LogP contribution is -2.43. The molecule has 0 unspecified atom stereocenters. The fraction of sp³-hybridized carbons (Fsp3) is 0.538. The lowest BCUT2D eigenvalue weighted by atomic mass is 10.0. The summed E-state index contributed by atoms with van der Waals surface area (Å²) >= 11 is 0. The van der Waals surface area contributed by atoms with Gasteiger partial charge in [0.15, 0.2) is 11.6 Å². The Morgan fingerprint density at radius 2 is 1.71 bits per heavy atom. The van der Waals surface area contributed by atoms with Crippen LogP contribution in [0.3, 0.4) is 0 Å². The van der Waals surface area contributed by atoms with E-state index in [0.717, 1.165) is 87.0 Å². The molecule has 3 aromatic rings. The number of morpholine rings is 1. The summed E-state index contributed by atoms with van der Waals surface area (Å²) in [5, 5.41) is 3.53. The van der Waals surface area contributed by atoms with Gasteiger partial charge in [0.25, 0.3) is 0 Å². The monoisotopic (exact) mass is 476 g/mol. The van der Waals surface area contributed by atoms with Crippen LogP contribution >= 0.6 is 0 Å². The molecule has 2 fully saturated rings. The van der Waals surface area contributed by atoms with E-state index < -0.39 is 0 Å². The quantitative estimate of drug-likeness (QED) is 0.494. The first-order valence-electron chi connectivity index (χ1n) is 12.7. The van der Waals surface area contributed by atoms with Gasteiger partial charge < -0.3 is 24.8 Å². The number of benzene rings is 1. The van der Waals surface area contributed by atoms with Crippen molar-refractivity contribution in [3.05, 3.63) is 42.2 Å². The Balaban J connectivity index is 1.40. The average Bonchev–Trinajstić information content (AvgIpc) is 2.91. The highest BCUT2D eigenvalue weighted by Gasteiger charge is 2.26. The van der Waals surface area contributed by atoms with Crippen LogP contribution in [0.15, 0.2) is 36.7 Å². The summed E-state index contributed by atoms with van der Waals surface area (Å²) in [6.45, 7) is 5.72. The second kappa shape index (κ2) is 11.1. The molecular formula is C26H36N8O. The van der Waals surface area contributed by atoms with Crippen molar-refractivity contribution in [1.82, 2.24) is 24.8 Å². The van der Waals surface area contributed by atoms with E-state index in [1.807, 2.05) is 0 Å². The number of hydrogen-bond acceptors (Lipinski definition) is 9. The van der Waals surface area contributed by atoms with Crippen LogP contribution in [0.25, 0.3) is 11.0 Å². The zero-order chi connectivity index (χ0) is 24.0. The normalized spacial score (nSPS) is 17.3. The molecule has 0 spiro atoms. The lowest BCUT2D eigenvalue weighted by Gasteiger charge is -2.36. The molecule has 2 saturated heterocycles. The summed E-state index contributed by atoms with van der Waals surface area (Å²) in [5.41, 5.74) is 2.95. The predicted molar refractivity (Wildman–Crippen MR) is 140 cm³/mol. The minimum Gasteiger partial charge on any atom is -0.378 e. The smallest absolute Gasteiger partial charge is 0.228 e. The summed E-state index contributed by atoms with van der Waals surface area (Å²) < 4.78 is 5.59. The maximum absolute atomic E-state index is 5.59. The van der Waals surface area contributed by atoms with Gasteiger partial charge in [-0.2, -0.15) is 4.98 Å². The van der Waals surface area contributed by atoms with Crippen molar-refractivity contribution in [3.8, 4) is 0 Å². The van der Waals surface area contributed by atoms with Crippen LogP contribution in [-0.4, -0.2) is 90.9 Å². The van der Waals surface area contributed by atoms with Gasteiger partial charge in [-0.1, -0.05) is 30.3 Å². The van der Waals surface area contributed by atoms with Crippen LogP contribution in [0.1, 0.15) is 24.8 Å². The van der Waals surface area contributed by atoms with Crippen molar-refractivity contribution in [2.24, 2.45) is 0 Å². The van der Waals surface area contributed by atoms with Crippen molar-refractivity contribution in [2.75, 3.05) is 75.1 Å². The Labute approximate surface area is 207 Å². The topological polar surface area (TPSA) is 82.5 Å². The van der Waals surface area contributed by atoms with Gasteiger partial charge in [-0.05, 0) is 45.3 Å². The Bertz CT molecular complexity index is 1100. The molecule has 9 nitrogen and oxygen atoms in total. The average molecular weight is 477 g/mol. The summed E-state index contributed by atoms with van der Waals surface area (Å²) in [7, 11) is 4.33. The minimum atomic E-state index is 0.607. The van der Waals surface area contributed by atoms with Gasteiger partial charge in [-0.25, -0.2) is 15.0 Å². The third kappa shape index (κ3) is 5.62. The Hall–Kier alpha value is -3.04. The molecule has 0 atom stereocenters. The molecular weight excluding hydrogens is 440 g/mol. The number of fused-ring (bicyclic) bond motifs is 1. The molecule has 1 N–H and O–H groups in total. The highest BCUT2D eigenvalue weighted by Crippen LogP contribution is 2.30. The first kappa shape index (κ1) is 23.7. The predicted octanol–water partition coefficient (Wildman–Crippen LogP) is 2.83. The SMILES string of the molecule is CN(C)C1CCN(c2nc(N3CCOCC3)c3ncnc(NCCCc4ccccc4)c3n2)CC1. The van der Waals surface area contributed by atoms with Crippen LogP contribution in [0, 0.1) is 0 Å². The van der Waals surface area contributed by atoms with Crippen LogP contribution in [-0.2, 0) is 11.2 Å². The van der Waals surface area contributed by atoms with Gasteiger partial charge in [-0.15, -0.1) is 0 Å². The molecule has 0 aliphatic carbocycles. The van der Waals surface area contributed by atoms with E-state index in [1.165, 1.54) is 5.56 Å². The van der Waals surface area contributed by atoms with Gasteiger partial charge in [0, 0.05) is 38.8 Å². The number of aromatic nitrogens is 4. The van der Waals surface area contributed by atoms with E-state index in [2.05, 4.69) is 74.4 Å². The molecule has 2 aromatic heterocycles. The van der Waals surface area contributed by atoms with E-state index in [9.17, 15) is 0 Å². The molecule has 0 saturated carbocycles. The number of nitrogens with one attached hydrogen (secondary N) is 1. The summed E-state index contributed by atoms with van der Waals surface area (Å²) in [4.78, 5) is 26.2. The number of rotatable bonds is 8. The van der Waals surface area contributed by atoms with Crippen molar-refractivity contribution in [2.45, 2.75) is 31.7 Å². The minimum absolute atomic E-state index is 0.607. The molecule has 35 heavy (non-hydrogen) atoms. The molecule has 0 amide bonds. The Morgan fingerprint density at radius 3 is 2.46 bits per heavy atom. The number of hydrogen-bond donors (Lipinski definition) is 1. The molecule has 2 aliphatic heterocycles. The second-order valence-electron chi connectivity index (χ2n) is 9.56. The Kier molecular flexibility index (Phi) is 7.54. The first-order valence-corrected chi connectivity index (χ1v) is 12.7. The molecule has 0 radical (unpaired) electrons. The van der Waals surface area contributed by atoms with E-state index >= 15 is 0 Å². The van der Waals surface area contributed by atoms with Crippen LogP contribution in [0.2, 0.25) is 0 Å². The number of ether oxygens (including phenoxy) is 1. The number of nitrogens with zero attached hydrogens (tertiary/aromatic N) is 7. The fourth-order valence-corrected chi connectivity index (χ4v) is 4.91. The molecule has 5 rings (SSSR count).